The first-order chi connectivity index (χ1) is 5.24. The molecule has 2 heteroatoms. The molecule has 11 heavy (non-hydrogen) atoms. The van der Waals surface area contributed by atoms with Crippen LogP contribution >= 0.6 is 0 Å². The highest BCUT2D eigenvalue weighted by molar-refractivity contribution is 5.84. The first-order valence-electron chi connectivity index (χ1n) is 3.21. The van der Waals surface area contributed by atoms with E-state index in [2.05, 4.69) is 12.5 Å². The van der Waals surface area contributed by atoms with Crippen molar-refractivity contribution in [3.8, 4) is 12.3 Å². The second-order valence-corrected chi connectivity index (χ2v) is 2.34. The smallest absolute Gasteiger partial charge is 0.134 e. The van der Waals surface area contributed by atoms with E-state index in [9.17, 15) is 9.59 Å². The zero-order chi connectivity index (χ0) is 8.74. The fourth-order valence-corrected chi connectivity index (χ4v) is 0.738. The Balaban J connectivity index is 4.46. The molecule has 0 saturated heterocycles. The van der Waals surface area contributed by atoms with Crippen LogP contribution in [0.3, 0.4) is 0 Å². The van der Waals surface area contributed by atoms with E-state index < -0.39 is 5.41 Å². The molecule has 0 fully saturated rings. The van der Waals surface area contributed by atoms with Gasteiger partial charge in [0.2, 0.25) is 0 Å². The number of allylic oxidation sites excluding steroid dienone is 1. The van der Waals surface area contributed by atoms with Gasteiger partial charge in [-0.3, -0.25) is 0 Å². The molecule has 58 valence electrons. The molecule has 0 spiro atoms. The van der Waals surface area contributed by atoms with Crippen molar-refractivity contribution < 1.29 is 9.59 Å². The number of rotatable bonds is 5. The second kappa shape index (κ2) is 4.45. The standard InChI is InChI=1S/C9H10O2/c1-3-5-9(7-10,8-11)6-4-2/h1,4,7-8H,2,5-6H2. The van der Waals surface area contributed by atoms with Crippen LogP contribution in [0.1, 0.15) is 12.8 Å². The van der Waals surface area contributed by atoms with E-state index in [-0.39, 0.29) is 6.42 Å². The highest BCUT2D eigenvalue weighted by Gasteiger charge is 2.26. The molecule has 0 amide bonds. The molecule has 0 N–H and O–H groups in total. The lowest BCUT2D eigenvalue weighted by atomic mass is 9.85. The fourth-order valence-electron chi connectivity index (χ4n) is 0.738. The number of terminal acetylenes is 1. The lowest BCUT2D eigenvalue weighted by Gasteiger charge is -2.14. The highest BCUT2D eigenvalue weighted by Crippen LogP contribution is 2.20. The van der Waals surface area contributed by atoms with Crippen LogP contribution in [-0.2, 0) is 9.59 Å². The number of carbonyl (C=O) groups excluding carboxylic acids is 2. The van der Waals surface area contributed by atoms with Gasteiger partial charge in [-0.1, -0.05) is 6.08 Å². The van der Waals surface area contributed by atoms with E-state index in [1.807, 2.05) is 0 Å². The van der Waals surface area contributed by atoms with Crippen molar-refractivity contribution in [3.05, 3.63) is 12.7 Å². The van der Waals surface area contributed by atoms with Crippen LogP contribution in [0.4, 0.5) is 0 Å². The summed E-state index contributed by atoms with van der Waals surface area (Å²) in [5.74, 6) is 2.28. The molecule has 0 heterocycles. The third-order valence-corrected chi connectivity index (χ3v) is 1.42. The SMILES string of the molecule is C#CCC(C=O)(C=O)CC=C. The van der Waals surface area contributed by atoms with Gasteiger partial charge in [-0.2, -0.15) is 0 Å². The summed E-state index contributed by atoms with van der Waals surface area (Å²) in [5.41, 5.74) is -1.03. The summed E-state index contributed by atoms with van der Waals surface area (Å²) >= 11 is 0. The average molecular weight is 150 g/mol. The Morgan fingerprint density at radius 2 is 2.00 bits per heavy atom. The Kier molecular flexibility index (Phi) is 3.90. The maximum Gasteiger partial charge on any atom is 0.134 e. The van der Waals surface area contributed by atoms with E-state index in [0.29, 0.717) is 19.0 Å². The first-order valence-corrected chi connectivity index (χ1v) is 3.21. The van der Waals surface area contributed by atoms with Crippen LogP contribution in [0, 0.1) is 17.8 Å². The maximum atomic E-state index is 10.5. The summed E-state index contributed by atoms with van der Waals surface area (Å²) in [6.07, 6.45) is 8.13. The van der Waals surface area contributed by atoms with Crippen molar-refractivity contribution in [2.45, 2.75) is 12.8 Å². The van der Waals surface area contributed by atoms with E-state index in [1.165, 1.54) is 6.08 Å². The molecule has 0 rings (SSSR count). The van der Waals surface area contributed by atoms with Gasteiger partial charge in [-0.15, -0.1) is 18.9 Å². The van der Waals surface area contributed by atoms with Crippen molar-refractivity contribution in [1.29, 1.82) is 0 Å². The van der Waals surface area contributed by atoms with Crippen molar-refractivity contribution in [2.75, 3.05) is 0 Å². The first kappa shape index (κ1) is 9.64. The van der Waals surface area contributed by atoms with Crippen molar-refractivity contribution in [1.82, 2.24) is 0 Å². The van der Waals surface area contributed by atoms with Crippen LogP contribution < -0.4 is 0 Å². The Labute approximate surface area is 66.3 Å². The molecule has 0 aromatic rings. The molecule has 0 unspecified atom stereocenters. The Morgan fingerprint density at radius 1 is 1.45 bits per heavy atom. The third kappa shape index (κ3) is 2.38. The molecule has 0 saturated carbocycles. The molecular weight excluding hydrogens is 140 g/mol. The summed E-state index contributed by atoms with van der Waals surface area (Å²) in [7, 11) is 0. The Hall–Kier alpha value is -1.36. The van der Waals surface area contributed by atoms with Crippen LogP contribution in [0.5, 0.6) is 0 Å². The van der Waals surface area contributed by atoms with E-state index >= 15 is 0 Å². The Bertz CT molecular complexity index is 190. The summed E-state index contributed by atoms with van der Waals surface area (Å²) in [5, 5.41) is 0. The predicted octanol–water partition coefficient (Wildman–Crippen LogP) is 0.970. The van der Waals surface area contributed by atoms with Gasteiger partial charge < -0.3 is 9.59 Å². The number of carbonyl (C=O) groups is 2. The van der Waals surface area contributed by atoms with Gasteiger partial charge in [0.1, 0.15) is 12.6 Å². The van der Waals surface area contributed by atoms with E-state index in [0.717, 1.165) is 0 Å². The van der Waals surface area contributed by atoms with Gasteiger partial charge in [0.25, 0.3) is 0 Å². The van der Waals surface area contributed by atoms with Gasteiger partial charge in [-0.25, -0.2) is 0 Å². The second-order valence-electron chi connectivity index (χ2n) is 2.34. The van der Waals surface area contributed by atoms with Crippen molar-refractivity contribution >= 4 is 12.6 Å². The fraction of sp³-hybridized carbons (Fsp3) is 0.333. The largest absolute Gasteiger partial charge is 0.302 e. The normalized spacial score (nSPS) is 9.73. The quantitative estimate of drug-likeness (QED) is 0.253. The minimum atomic E-state index is -1.03. The summed E-state index contributed by atoms with van der Waals surface area (Å²) in [6.45, 7) is 3.44. The molecule has 0 radical (unpaired) electrons. The van der Waals surface area contributed by atoms with Gasteiger partial charge in [0.05, 0.1) is 5.41 Å². The highest BCUT2D eigenvalue weighted by atomic mass is 16.1. The molecular formula is C9H10O2. The summed E-state index contributed by atoms with van der Waals surface area (Å²) in [6, 6.07) is 0. The van der Waals surface area contributed by atoms with E-state index in [4.69, 9.17) is 6.42 Å². The number of aldehydes is 2. The van der Waals surface area contributed by atoms with E-state index in [1.54, 1.807) is 0 Å². The number of hydrogen-bond acceptors (Lipinski definition) is 2. The van der Waals surface area contributed by atoms with Gasteiger partial charge >= 0.3 is 0 Å². The van der Waals surface area contributed by atoms with Crippen LogP contribution in [0.15, 0.2) is 12.7 Å². The monoisotopic (exact) mass is 150 g/mol. The molecule has 2 nitrogen and oxygen atoms in total. The topological polar surface area (TPSA) is 34.1 Å². The zero-order valence-electron chi connectivity index (χ0n) is 6.25. The summed E-state index contributed by atoms with van der Waals surface area (Å²) < 4.78 is 0. The molecule has 0 bridgehead atoms. The van der Waals surface area contributed by atoms with Crippen LogP contribution in [-0.4, -0.2) is 12.6 Å². The van der Waals surface area contributed by atoms with Gasteiger partial charge in [-0.05, 0) is 6.42 Å². The zero-order valence-corrected chi connectivity index (χ0v) is 6.25. The predicted molar refractivity (Wildman–Crippen MR) is 42.8 cm³/mol. The molecule has 0 aliphatic carbocycles. The minimum Gasteiger partial charge on any atom is -0.302 e. The van der Waals surface area contributed by atoms with Crippen molar-refractivity contribution in [3.63, 3.8) is 0 Å². The van der Waals surface area contributed by atoms with Crippen LogP contribution in [0.2, 0.25) is 0 Å². The third-order valence-electron chi connectivity index (χ3n) is 1.42. The van der Waals surface area contributed by atoms with Crippen molar-refractivity contribution in [2.24, 2.45) is 5.41 Å². The number of hydrogen-bond donors (Lipinski definition) is 0. The average Bonchev–Trinajstić information content (AvgIpc) is 2.04. The molecule has 0 aliphatic heterocycles. The molecule has 0 aromatic heterocycles. The Morgan fingerprint density at radius 3 is 2.27 bits per heavy atom. The maximum absolute atomic E-state index is 10.5. The lowest BCUT2D eigenvalue weighted by molar-refractivity contribution is -0.125. The molecule has 0 aliphatic rings. The van der Waals surface area contributed by atoms with Gasteiger partial charge in [0, 0.05) is 6.42 Å². The van der Waals surface area contributed by atoms with Gasteiger partial charge in [0.15, 0.2) is 0 Å². The lowest BCUT2D eigenvalue weighted by Crippen LogP contribution is -2.22. The molecule has 0 atom stereocenters. The summed E-state index contributed by atoms with van der Waals surface area (Å²) in [4.78, 5) is 20.9. The minimum absolute atomic E-state index is 0.145. The van der Waals surface area contributed by atoms with Crippen LogP contribution in [0.25, 0.3) is 0 Å². The molecule has 0 aromatic carbocycles.